The zero-order valence-electron chi connectivity index (χ0n) is 14.6. The predicted molar refractivity (Wildman–Crippen MR) is 103 cm³/mol. The summed E-state index contributed by atoms with van der Waals surface area (Å²) >= 11 is 0. The van der Waals surface area contributed by atoms with Crippen molar-refractivity contribution < 1.29 is 14.0 Å². The number of anilines is 3. The van der Waals surface area contributed by atoms with E-state index in [1.165, 1.54) is 6.07 Å². The van der Waals surface area contributed by atoms with Crippen LogP contribution in [0.4, 0.5) is 21.5 Å². The number of rotatable bonds is 4. The minimum absolute atomic E-state index is 0.186. The Hall–Kier alpha value is -3.35. The normalized spacial score (nSPS) is 17.7. The molecule has 2 aliphatic heterocycles. The van der Waals surface area contributed by atoms with Gasteiger partial charge in [0.15, 0.2) is 0 Å². The smallest absolute Gasteiger partial charge is 0.257 e. The number of piperazine rings is 1. The molecule has 1 saturated heterocycles. The molecule has 6 nitrogen and oxygen atoms in total. The molecule has 1 fully saturated rings. The molecule has 7 heteroatoms. The van der Waals surface area contributed by atoms with Gasteiger partial charge in [-0.15, -0.1) is 0 Å². The average molecular weight is 366 g/mol. The second-order valence-corrected chi connectivity index (χ2v) is 6.50. The lowest BCUT2D eigenvalue weighted by atomic mass is 10.1. The molecular weight excluding hydrogens is 347 g/mol. The van der Waals surface area contributed by atoms with Crippen LogP contribution in [0.1, 0.15) is 5.56 Å². The molecule has 4 rings (SSSR count). The molecule has 0 atom stereocenters. The molecule has 2 aliphatic rings. The Bertz CT molecular complexity index is 920. The Morgan fingerprint density at radius 3 is 2.59 bits per heavy atom. The fraction of sp³-hybridized carbons (Fsp3) is 0.200. The second-order valence-electron chi connectivity index (χ2n) is 6.50. The first-order valence-corrected chi connectivity index (χ1v) is 8.77. The van der Waals surface area contributed by atoms with E-state index in [0.29, 0.717) is 43.1 Å². The SMILES string of the molecule is O=CN1CCN(c2ccc(N/C=C3\C(=O)Nc4ccccc43)cc2F)CC1. The Kier molecular flexibility index (Phi) is 4.50. The van der Waals surface area contributed by atoms with Gasteiger partial charge in [-0.3, -0.25) is 9.59 Å². The van der Waals surface area contributed by atoms with Crippen LogP contribution in [0.2, 0.25) is 0 Å². The lowest BCUT2D eigenvalue weighted by Gasteiger charge is -2.34. The van der Waals surface area contributed by atoms with Gasteiger partial charge in [-0.25, -0.2) is 4.39 Å². The molecule has 0 radical (unpaired) electrons. The van der Waals surface area contributed by atoms with Crippen LogP contribution in [0, 0.1) is 5.82 Å². The van der Waals surface area contributed by atoms with Crippen molar-refractivity contribution in [2.45, 2.75) is 0 Å². The van der Waals surface area contributed by atoms with Crippen LogP contribution in [0.3, 0.4) is 0 Å². The van der Waals surface area contributed by atoms with E-state index >= 15 is 0 Å². The molecule has 0 bridgehead atoms. The molecule has 0 aliphatic carbocycles. The van der Waals surface area contributed by atoms with Gasteiger partial charge in [0.25, 0.3) is 5.91 Å². The highest BCUT2D eigenvalue weighted by atomic mass is 19.1. The third kappa shape index (κ3) is 3.36. The van der Waals surface area contributed by atoms with Gasteiger partial charge in [-0.2, -0.15) is 0 Å². The van der Waals surface area contributed by atoms with Gasteiger partial charge < -0.3 is 20.4 Å². The quantitative estimate of drug-likeness (QED) is 0.645. The first-order valence-electron chi connectivity index (χ1n) is 8.77. The summed E-state index contributed by atoms with van der Waals surface area (Å²) < 4.78 is 14.6. The lowest BCUT2D eigenvalue weighted by Crippen LogP contribution is -2.46. The summed E-state index contributed by atoms with van der Waals surface area (Å²) in [5, 5.41) is 5.81. The number of carbonyl (C=O) groups excluding carboxylic acids is 2. The van der Waals surface area contributed by atoms with Crippen LogP contribution < -0.4 is 15.5 Å². The average Bonchev–Trinajstić information content (AvgIpc) is 3.01. The van der Waals surface area contributed by atoms with Crippen LogP contribution in [-0.2, 0) is 9.59 Å². The highest BCUT2D eigenvalue weighted by molar-refractivity contribution is 6.31. The van der Waals surface area contributed by atoms with Gasteiger partial charge >= 0.3 is 0 Å². The van der Waals surface area contributed by atoms with Crippen molar-refractivity contribution in [3.05, 3.63) is 60.0 Å². The summed E-state index contributed by atoms with van der Waals surface area (Å²) in [6.45, 7) is 2.38. The van der Waals surface area contributed by atoms with Gasteiger partial charge in [-0.1, -0.05) is 18.2 Å². The van der Waals surface area contributed by atoms with Gasteiger partial charge in [-0.05, 0) is 24.3 Å². The van der Waals surface area contributed by atoms with E-state index in [9.17, 15) is 14.0 Å². The first-order chi connectivity index (χ1) is 13.2. The van der Waals surface area contributed by atoms with Crippen molar-refractivity contribution in [3.8, 4) is 0 Å². The third-order valence-electron chi connectivity index (χ3n) is 4.84. The number of hydrogen-bond donors (Lipinski definition) is 2. The zero-order chi connectivity index (χ0) is 18.8. The number of carbonyl (C=O) groups is 2. The highest BCUT2D eigenvalue weighted by Gasteiger charge is 2.23. The van der Waals surface area contributed by atoms with E-state index < -0.39 is 0 Å². The van der Waals surface area contributed by atoms with Crippen molar-refractivity contribution in [2.24, 2.45) is 0 Å². The van der Waals surface area contributed by atoms with E-state index in [0.717, 1.165) is 17.7 Å². The maximum Gasteiger partial charge on any atom is 0.257 e. The molecule has 0 aromatic heterocycles. The number of halogens is 1. The minimum atomic E-state index is -0.339. The molecule has 2 heterocycles. The number of nitrogens with one attached hydrogen (secondary N) is 2. The van der Waals surface area contributed by atoms with Gasteiger partial charge in [0, 0.05) is 49.3 Å². The van der Waals surface area contributed by atoms with Crippen LogP contribution >= 0.6 is 0 Å². The maximum absolute atomic E-state index is 14.6. The molecule has 0 unspecified atom stereocenters. The Balaban J connectivity index is 1.49. The van der Waals surface area contributed by atoms with Crippen molar-refractivity contribution in [2.75, 3.05) is 41.7 Å². The topological polar surface area (TPSA) is 64.7 Å². The van der Waals surface area contributed by atoms with E-state index in [1.807, 2.05) is 29.2 Å². The lowest BCUT2D eigenvalue weighted by molar-refractivity contribution is -0.118. The van der Waals surface area contributed by atoms with Crippen molar-refractivity contribution in [1.29, 1.82) is 0 Å². The number of amides is 2. The third-order valence-corrected chi connectivity index (χ3v) is 4.84. The largest absolute Gasteiger partial charge is 0.366 e. The number of hydrogen-bond acceptors (Lipinski definition) is 4. The number of fused-ring (bicyclic) bond motifs is 1. The second kappa shape index (κ2) is 7.11. The monoisotopic (exact) mass is 366 g/mol. The standard InChI is InChI=1S/C20H19FN4O2/c21-17-11-14(5-6-19(17)25-9-7-24(13-26)8-10-25)22-12-16-15-3-1-2-4-18(15)23-20(16)27/h1-6,11-13,22H,7-10H2,(H,23,27)/b16-12-. The fourth-order valence-electron chi connectivity index (χ4n) is 3.36. The molecule has 27 heavy (non-hydrogen) atoms. The van der Waals surface area contributed by atoms with E-state index in [-0.39, 0.29) is 11.7 Å². The summed E-state index contributed by atoms with van der Waals surface area (Å²) in [5.74, 6) is -0.525. The van der Waals surface area contributed by atoms with Crippen LogP contribution in [0.25, 0.3) is 5.57 Å². The summed E-state index contributed by atoms with van der Waals surface area (Å²) in [6.07, 6.45) is 2.42. The summed E-state index contributed by atoms with van der Waals surface area (Å²) in [4.78, 5) is 26.5. The zero-order valence-corrected chi connectivity index (χ0v) is 14.6. The molecule has 0 spiro atoms. The minimum Gasteiger partial charge on any atom is -0.366 e. The van der Waals surface area contributed by atoms with Crippen molar-refractivity contribution in [1.82, 2.24) is 4.90 Å². The first kappa shape index (κ1) is 17.1. The number of nitrogens with zero attached hydrogens (tertiary/aromatic N) is 2. The highest BCUT2D eigenvalue weighted by Crippen LogP contribution is 2.31. The summed E-state index contributed by atoms with van der Waals surface area (Å²) in [7, 11) is 0. The van der Waals surface area contributed by atoms with E-state index in [1.54, 1.807) is 23.2 Å². The fourth-order valence-corrected chi connectivity index (χ4v) is 3.36. The molecular formula is C20H19FN4O2. The molecule has 2 aromatic rings. The molecule has 2 N–H and O–H groups in total. The van der Waals surface area contributed by atoms with Crippen molar-refractivity contribution >= 4 is 35.0 Å². The molecule has 138 valence electrons. The molecule has 2 amide bonds. The number of para-hydroxylation sites is 1. The van der Waals surface area contributed by atoms with Crippen LogP contribution in [-0.4, -0.2) is 43.4 Å². The maximum atomic E-state index is 14.6. The Morgan fingerprint density at radius 1 is 1.07 bits per heavy atom. The predicted octanol–water partition coefficient (Wildman–Crippen LogP) is 2.51. The van der Waals surface area contributed by atoms with Gasteiger partial charge in [0.05, 0.1) is 11.3 Å². The number of benzene rings is 2. The van der Waals surface area contributed by atoms with E-state index in [4.69, 9.17) is 0 Å². The Morgan fingerprint density at radius 2 is 1.85 bits per heavy atom. The van der Waals surface area contributed by atoms with E-state index in [2.05, 4.69) is 10.6 Å². The summed E-state index contributed by atoms with van der Waals surface area (Å²) in [6, 6.07) is 12.3. The molecule has 2 aromatic carbocycles. The van der Waals surface area contributed by atoms with Crippen LogP contribution in [0.5, 0.6) is 0 Å². The Labute approximate surface area is 156 Å². The van der Waals surface area contributed by atoms with Crippen LogP contribution in [0.15, 0.2) is 48.7 Å². The molecule has 0 saturated carbocycles. The summed E-state index contributed by atoms with van der Waals surface area (Å²) in [5.41, 5.74) is 3.18. The van der Waals surface area contributed by atoms with Gasteiger partial charge in [0.1, 0.15) is 5.82 Å². The van der Waals surface area contributed by atoms with Gasteiger partial charge in [0.2, 0.25) is 6.41 Å². The van der Waals surface area contributed by atoms with Crippen molar-refractivity contribution in [3.63, 3.8) is 0 Å².